The molecule has 3 amide bonds. The predicted octanol–water partition coefficient (Wildman–Crippen LogP) is 4.54. The van der Waals surface area contributed by atoms with E-state index in [-0.39, 0.29) is 42.5 Å². The Morgan fingerprint density at radius 1 is 0.975 bits per heavy atom. The average Bonchev–Trinajstić information content (AvgIpc) is 3.66. The van der Waals surface area contributed by atoms with Crippen molar-refractivity contribution < 1.29 is 23.9 Å². The van der Waals surface area contributed by atoms with Gasteiger partial charge in [-0.3, -0.25) is 14.4 Å². The molecule has 0 spiro atoms. The molecule has 3 aromatic rings. The van der Waals surface area contributed by atoms with Crippen LogP contribution in [0.5, 0.6) is 5.06 Å². The first-order chi connectivity index (χ1) is 19.3. The molecule has 2 aliphatic heterocycles. The number of nitrogens with one attached hydrogen (secondary N) is 1. The molecule has 0 saturated carbocycles. The second-order valence-electron chi connectivity index (χ2n) is 10.7. The maximum atomic E-state index is 13.7. The van der Waals surface area contributed by atoms with Gasteiger partial charge in [0.05, 0.1) is 19.0 Å². The number of benzene rings is 2. The Kier molecular flexibility index (Phi) is 8.30. The number of hydrogen-bond acceptors (Lipinski definition) is 6. The Bertz CT molecular complexity index is 1370. The quantitative estimate of drug-likeness (QED) is 0.437. The van der Waals surface area contributed by atoms with Gasteiger partial charge in [0.1, 0.15) is 12.1 Å². The summed E-state index contributed by atoms with van der Waals surface area (Å²) < 4.78 is 5.53. The number of rotatable bonds is 8. The maximum absolute atomic E-state index is 13.7. The number of ether oxygens (including phenoxy) is 1. The summed E-state index contributed by atoms with van der Waals surface area (Å²) in [5, 5.41) is 3.17. The van der Waals surface area contributed by atoms with Gasteiger partial charge in [-0.05, 0) is 42.0 Å². The first kappa shape index (κ1) is 27.6. The summed E-state index contributed by atoms with van der Waals surface area (Å²) >= 11 is 1.34. The summed E-state index contributed by atoms with van der Waals surface area (Å²) in [4.78, 5) is 56.8. The molecule has 3 unspecified atom stereocenters. The molecular weight excluding hydrogens is 526 g/mol. The van der Waals surface area contributed by atoms with Crippen LogP contribution in [0.4, 0.5) is 4.79 Å². The monoisotopic (exact) mass is 559 g/mol. The summed E-state index contributed by atoms with van der Waals surface area (Å²) in [6.07, 6.45) is 0.419. The molecule has 8 nitrogen and oxygen atoms in total. The summed E-state index contributed by atoms with van der Waals surface area (Å²) in [5.41, 5.74) is 1.91. The molecule has 40 heavy (non-hydrogen) atoms. The molecule has 5 rings (SSSR count). The molecule has 0 radical (unpaired) electrons. The topological polar surface area (TPSA) is 96.0 Å². The zero-order valence-corrected chi connectivity index (χ0v) is 23.4. The van der Waals surface area contributed by atoms with Crippen LogP contribution in [0.25, 0.3) is 10.4 Å². The van der Waals surface area contributed by atoms with Crippen molar-refractivity contribution >= 4 is 35.0 Å². The minimum Gasteiger partial charge on any atom is -0.399 e. The zero-order valence-electron chi connectivity index (χ0n) is 22.6. The standard InChI is InChI=1S/C31H33N3O5S/c1-20(2)17-23(32-31(38)39-28-14-13-26(40-28)22-11-7-4-8-12-22)30(37)33-16-15-24-29(33)25(35)19-34(24)27(36)18-21-9-5-3-6-10-21/h3-14,20,23-24,29H,15-19H2,1-2H3,(H,32,38). The second kappa shape index (κ2) is 12.0. The average molecular weight is 560 g/mol. The van der Waals surface area contributed by atoms with E-state index in [1.807, 2.05) is 80.6 Å². The highest BCUT2D eigenvalue weighted by Crippen LogP contribution is 2.33. The fourth-order valence-electron chi connectivity index (χ4n) is 5.55. The molecule has 3 heterocycles. The number of carbonyl (C=O) groups excluding carboxylic acids is 4. The van der Waals surface area contributed by atoms with E-state index >= 15 is 0 Å². The van der Waals surface area contributed by atoms with Crippen molar-refractivity contribution in [1.82, 2.24) is 15.1 Å². The van der Waals surface area contributed by atoms with Crippen LogP contribution in [0.15, 0.2) is 72.8 Å². The van der Waals surface area contributed by atoms with E-state index < -0.39 is 18.2 Å². The van der Waals surface area contributed by atoms with Crippen LogP contribution in [0.3, 0.4) is 0 Å². The predicted molar refractivity (Wildman–Crippen MR) is 153 cm³/mol. The second-order valence-corrected chi connectivity index (χ2v) is 11.7. The molecule has 1 N–H and O–H groups in total. The van der Waals surface area contributed by atoms with Crippen LogP contribution in [0.1, 0.15) is 32.3 Å². The molecular formula is C31H33N3O5S. The van der Waals surface area contributed by atoms with E-state index in [4.69, 9.17) is 4.74 Å². The Morgan fingerprint density at radius 3 is 2.38 bits per heavy atom. The van der Waals surface area contributed by atoms with Crippen molar-refractivity contribution in [2.75, 3.05) is 13.1 Å². The van der Waals surface area contributed by atoms with E-state index in [0.29, 0.717) is 24.4 Å². The smallest absolute Gasteiger partial charge is 0.399 e. The highest BCUT2D eigenvalue weighted by Gasteiger charge is 2.52. The van der Waals surface area contributed by atoms with Crippen LogP contribution in [-0.2, 0) is 20.8 Å². The Morgan fingerprint density at radius 2 is 1.68 bits per heavy atom. The normalized spacial score (nSPS) is 19.0. The van der Waals surface area contributed by atoms with Crippen LogP contribution in [0, 0.1) is 5.92 Å². The summed E-state index contributed by atoms with van der Waals surface area (Å²) in [7, 11) is 0. The SMILES string of the molecule is CC(C)CC(NC(=O)Oc1ccc(-c2ccccc2)s1)C(=O)N1CCC2C1C(=O)CN2C(=O)Cc1ccccc1. The molecule has 2 fully saturated rings. The fraction of sp³-hybridized carbons (Fsp3) is 0.355. The van der Waals surface area contributed by atoms with Gasteiger partial charge in [0.25, 0.3) is 0 Å². The molecule has 2 aromatic carbocycles. The van der Waals surface area contributed by atoms with Crippen LogP contribution >= 0.6 is 11.3 Å². The fourth-order valence-corrected chi connectivity index (χ4v) is 6.41. The highest BCUT2D eigenvalue weighted by molar-refractivity contribution is 7.17. The lowest BCUT2D eigenvalue weighted by atomic mass is 10.0. The number of ketones is 1. The van der Waals surface area contributed by atoms with E-state index in [9.17, 15) is 19.2 Å². The molecule has 2 aliphatic rings. The lowest BCUT2D eigenvalue weighted by Crippen LogP contribution is -2.53. The maximum Gasteiger partial charge on any atom is 0.414 e. The minimum atomic E-state index is -0.846. The van der Waals surface area contributed by atoms with Gasteiger partial charge in [-0.1, -0.05) is 85.8 Å². The molecule has 9 heteroatoms. The Balaban J connectivity index is 1.24. The zero-order chi connectivity index (χ0) is 28.2. The van der Waals surface area contributed by atoms with Crippen LogP contribution in [-0.4, -0.2) is 64.7 Å². The van der Waals surface area contributed by atoms with Crippen LogP contribution < -0.4 is 10.1 Å². The number of nitrogens with zero attached hydrogens (tertiary/aromatic N) is 2. The van der Waals surface area contributed by atoms with Crippen molar-refractivity contribution in [3.8, 4) is 15.5 Å². The van der Waals surface area contributed by atoms with Crippen molar-refractivity contribution in [2.24, 2.45) is 5.92 Å². The summed E-state index contributed by atoms with van der Waals surface area (Å²) in [5.74, 6) is -0.468. The van der Waals surface area contributed by atoms with Gasteiger partial charge < -0.3 is 19.9 Å². The first-order valence-corrected chi connectivity index (χ1v) is 14.4. The van der Waals surface area contributed by atoms with E-state index in [0.717, 1.165) is 16.0 Å². The van der Waals surface area contributed by atoms with Gasteiger partial charge in [0.2, 0.25) is 11.8 Å². The lowest BCUT2D eigenvalue weighted by Gasteiger charge is -2.28. The largest absolute Gasteiger partial charge is 0.414 e. The van der Waals surface area contributed by atoms with Crippen molar-refractivity contribution in [3.05, 3.63) is 78.4 Å². The lowest BCUT2D eigenvalue weighted by molar-refractivity contribution is -0.138. The van der Waals surface area contributed by atoms with Crippen molar-refractivity contribution in [3.63, 3.8) is 0 Å². The molecule has 2 saturated heterocycles. The molecule has 1 aromatic heterocycles. The highest BCUT2D eigenvalue weighted by atomic mass is 32.1. The van der Waals surface area contributed by atoms with Gasteiger partial charge in [-0.25, -0.2) is 4.79 Å². The van der Waals surface area contributed by atoms with E-state index in [2.05, 4.69) is 5.32 Å². The van der Waals surface area contributed by atoms with Gasteiger partial charge in [0.15, 0.2) is 10.8 Å². The van der Waals surface area contributed by atoms with Gasteiger partial charge in [0, 0.05) is 11.4 Å². The van der Waals surface area contributed by atoms with E-state index in [1.54, 1.807) is 15.9 Å². The number of carbonyl (C=O) groups is 4. The molecule has 3 atom stereocenters. The number of fused-ring (bicyclic) bond motifs is 1. The first-order valence-electron chi connectivity index (χ1n) is 13.6. The third-order valence-corrected chi connectivity index (χ3v) is 8.37. The van der Waals surface area contributed by atoms with Crippen LogP contribution in [0.2, 0.25) is 0 Å². The minimum absolute atomic E-state index is 0.00275. The molecule has 0 bridgehead atoms. The number of hydrogen-bond donors (Lipinski definition) is 1. The number of thiophene rings is 1. The molecule has 0 aliphatic carbocycles. The van der Waals surface area contributed by atoms with Crippen molar-refractivity contribution in [1.29, 1.82) is 0 Å². The summed E-state index contributed by atoms with van der Waals surface area (Å²) in [6, 6.07) is 21.0. The third-order valence-electron chi connectivity index (χ3n) is 7.35. The number of Topliss-reactive ketones (excluding diaryl/α,β-unsaturated/α-hetero) is 1. The summed E-state index contributed by atoms with van der Waals surface area (Å²) in [6.45, 7) is 4.29. The van der Waals surface area contributed by atoms with Gasteiger partial charge >= 0.3 is 6.09 Å². The number of likely N-dealkylation sites (tertiary alicyclic amines) is 2. The van der Waals surface area contributed by atoms with E-state index in [1.165, 1.54) is 11.3 Å². The van der Waals surface area contributed by atoms with Gasteiger partial charge in [-0.2, -0.15) is 0 Å². The third kappa shape index (κ3) is 6.09. The Hall–Kier alpha value is -3.98. The Labute approximate surface area is 237 Å². The van der Waals surface area contributed by atoms with Gasteiger partial charge in [-0.15, -0.1) is 0 Å². The number of amides is 3. The molecule has 208 valence electrons. The van der Waals surface area contributed by atoms with Crippen molar-refractivity contribution in [2.45, 2.75) is 51.2 Å².